The standard InChI is InChI=1S/C15H21Cl2FN2/c1-3-20-6-4-11(5-7-20)10(2)19-15-13(16)8-12(18)9-14(15)17/h8-11,19H,3-7H2,1-2H3. The van der Waals surface area contributed by atoms with Gasteiger partial charge in [0.25, 0.3) is 0 Å². The normalized spacial score (nSPS) is 19.1. The van der Waals surface area contributed by atoms with Crippen molar-refractivity contribution >= 4 is 28.9 Å². The van der Waals surface area contributed by atoms with Crippen LogP contribution >= 0.6 is 23.2 Å². The number of benzene rings is 1. The van der Waals surface area contributed by atoms with Gasteiger partial charge in [-0.05, 0) is 57.5 Å². The highest BCUT2D eigenvalue weighted by molar-refractivity contribution is 6.39. The van der Waals surface area contributed by atoms with E-state index in [4.69, 9.17) is 23.2 Å². The lowest BCUT2D eigenvalue weighted by Crippen LogP contribution is -2.39. The van der Waals surface area contributed by atoms with Crippen LogP contribution in [0, 0.1) is 11.7 Å². The topological polar surface area (TPSA) is 15.3 Å². The molecule has 1 aromatic carbocycles. The molecule has 1 N–H and O–H groups in total. The second-order valence-corrected chi connectivity index (χ2v) is 6.26. The van der Waals surface area contributed by atoms with E-state index in [0.717, 1.165) is 19.6 Å². The number of nitrogens with zero attached hydrogens (tertiary/aromatic N) is 1. The van der Waals surface area contributed by atoms with Crippen LogP contribution in [0.1, 0.15) is 26.7 Å². The second-order valence-electron chi connectivity index (χ2n) is 5.45. The number of likely N-dealkylation sites (tertiary alicyclic amines) is 1. The third-order valence-electron chi connectivity index (χ3n) is 4.17. The van der Waals surface area contributed by atoms with Crippen molar-refractivity contribution in [3.05, 3.63) is 28.0 Å². The van der Waals surface area contributed by atoms with E-state index in [0.29, 0.717) is 21.7 Å². The average molecular weight is 319 g/mol. The van der Waals surface area contributed by atoms with E-state index >= 15 is 0 Å². The Hall–Kier alpha value is -0.510. The largest absolute Gasteiger partial charge is 0.380 e. The lowest BCUT2D eigenvalue weighted by atomic mass is 9.90. The van der Waals surface area contributed by atoms with Crippen molar-refractivity contribution in [2.75, 3.05) is 25.0 Å². The number of rotatable bonds is 4. The highest BCUT2D eigenvalue weighted by Gasteiger charge is 2.24. The molecule has 1 fully saturated rings. The molecule has 0 aromatic heterocycles. The maximum atomic E-state index is 13.2. The van der Waals surface area contributed by atoms with Gasteiger partial charge in [-0.1, -0.05) is 30.1 Å². The fraction of sp³-hybridized carbons (Fsp3) is 0.600. The van der Waals surface area contributed by atoms with Gasteiger partial charge in [-0.2, -0.15) is 0 Å². The van der Waals surface area contributed by atoms with Crippen LogP contribution in [0.25, 0.3) is 0 Å². The zero-order chi connectivity index (χ0) is 14.7. The Morgan fingerprint density at radius 1 is 1.30 bits per heavy atom. The molecule has 0 bridgehead atoms. The molecule has 1 unspecified atom stereocenters. The fourth-order valence-electron chi connectivity index (χ4n) is 2.79. The molecule has 20 heavy (non-hydrogen) atoms. The predicted octanol–water partition coefficient (Wildman–Crippen LogP) is 4.66. The van der Waals surface area contributed by atoms with Gasteiger partial charge in [0.1, 0.15) is 5.82 Å². The molecule has 2 rings (SSSR count). The number of anilines is 1. The van der Waals surface area contributed by atoms with E-state index in [9.17, 15) is 4.39 Å². The maximum Gasteiger partial charge on any atom is 0.126 e. The summed E-state index contributed by atoms with van der Waals surface area (Å²) in [6, 6.07) is 2.86. The lowest BCUT2D eigenvalue weighted by Gasteiger charge is -2.35. The average Bonchev–Trinajstić information content (AvgIpc) is 2.42. The number of nitrogens with one attached hydrogen (secondary N) is 1. The number of hydrogen-bond donors (Lipinski definition) is 1. The first-order valence-corrected chi connectivity index (χ1v) is 7.90. The van der Waals surface area contributed by atoms with Gasteiger partial charge in [0, 0.05) is 6.04 Å². The first-order valence-electron chi connectivity index (χ1n) is 7.14. The second kappa shape index (κ2) is 6.97. The molecule has 1 atom stereocenters. The summed E-state index contributed by atoms with van der Waals surface area (Å²) in [5, 5.41) is 4.04. The van der Waals surface area contributed by atoms with Crippen LogP contribution < -0.4 is 5.32 Å². The molecule has 0 radical (unpaired) electrons. The third-order valence-corrected chi connectivity index (χ3v) is 4.76. The minimum absolute atomic E-state index is 0.273. The van der Waals surface area contributed by atoms with Crippen LogP contribution in [0.4, 0.5) is 10.1 Å². The molecule has 0 spiro atoms. The summed E-state index contributed by atoms with van der Waals surface area (Å²) in [5.74, 6) is 0.185. The molecule has 0 saturated carbocycles. The molecule has 1 aliphatic heterocycles. The molecule has 112 valence electrons. The van der Waals surface area contributed by atoms with Crippen molar-refractivity contribution in [1.29, 1.82) is 0 Å². The third kappa shape index (κ3) is 3.78. The van der Waals surface area contributed by atoms with E-state index in [1.165, 1.54) is 25.0 Å². The summed E-state index contributed by atoms with van der Waals surface area (Å²) in [5.41, 5.74) is 0.639. The van der Waals surface area contributed by atoms with Crippen molar-refractivity contribution in [2.45, 2.75) is 32.7 Å². The van der Waals surface area contributed by atoms with Gasteiger partial charge in [0.05, 0.1) is 15.7 Å². The van der Waals surface area contributed by atoms with Crippen molar-refractivity contribution in [3.63, 3.8) is 0 Å². The molecule has 0 amide bonds. The maximum absolute atomic E-state index is 13.2. The summed E-state index contributed by atoms with van der Waals surface area (Å²) < 4.78 is 13.2. The Morgan fingerprint density at radius 3 is 2.35 bits per heavy atom. The van der Waals surface area contributed by atoms with Gasteiger partial charge >= 0.3 is 0 Å². The van der Waals surface area contributed by atoms with E-state index < -0.39 is 5.82 Å². The summed E-state index contributed by atoms with van der Waals surface area (Å²) in [6.45, 7) is 7.72. The Balaban J connectivity index is 2.00. The van der Waals surface area contributed by atoms with E-state index in [1.807, 2.05) is 0 Å². The highest BCUT2D eigenvalue weighted by Crippen LogP contribution is 2.33. The van der Waals surface area contributed by atoms with Gasteiger partial charge in [-0.3, -0.25) is 0 Å². The lowest BCUT2D eigenvalue weighted by molar-refractivity contribution is 0.183. The van der Waals surface area contributed by atoms with Gasteiger partial charge < -0.3 is 10.2 Å². The van der Waals surface area contributed by atoms with Crippen molar-refractivity contribution in [3.8, 4) is 0 Å². The molecule has 0 aliphatic carbocycles. The van der Waals surface area contributed by atoms with Crippen LogP contribution in [0.3, 0.4) is 0 Å². The SMILES string of the molecule is CCN1CCC(C(C)Nc2c(Cl)cc(F)cc2Cl)CC1. The Bertz CT molecular complexity index is 436. The first kappa shape index (κ1) is 15.9. The highest BCUT2D eigenvalue weighted by atomic mass is 35.5. The van der Waals surface area contributed by atoms with Gasteiger partial charge in [-0.25, -0.2) is 4.39 Å². The van der Waals surface area contributed by atoms with Gasteiger partial charge in [-0.15, -0.1) is 0 Å². The number of piperidine rings is 1. The molecule has 5 heteroatoms. The summed E-state index contributed by atoms with van der Waals surface area (Å²) >= 11 is 12.1. The van der Waals surface area contributed by atoms with E-state index in [2.05, 4.69) is 24.1 Å². The predicted molar refractivity (Wildman–Crippen MR) is 84.3 cm³/mol. The first-order chi connectivity index (χ1) is 9.51. The summed E-state index contributed by atoms with van der Waals surface area (Å²) in [6.07, 6.45) is 2.33. The molecule has 2 nitrogen and oxygen atoms in total. The Kier molecular flexibility index (Phi) is 5.53. The van der Waals surface area contributed by atoms with Gasteiger partial charge in [0.2, 0.25) is 0 Å². The van der Waals surface area contributed by atoms with Crippen LogP contribution in [0.2, 0.25) is 10.0 Å². The molecule has 1 aliphatic rings. The number of halogens is 3. The minimum atomic E-state index is -0.408. The molecule has 1 aromatic rings. The summed E-state index contributed by atoms with van der Waals surface area (Å²) in [7, 11) is 0. The zero-order valence-electron chi connectivity index (χ0n) is 11.9. The minimum Gasteiger partial charge on any atom is -0.380 e. The fourth-order valence-corrected chi connectivity index (χ4v) is 3.36. The molecule has 1 saturated heterocycles. The van der Waals surface area contributed by atoms with Crippen LogP contribution in [0.15, 0.2) is 12.1 Å². The van der Waals surface area contributed by atoms with E-state index in [-0.39, 0.29) is 6.04 Å². The van der Waals surface area contributed by atoms with Crippen LogP contribution in [-0.2, 0) is 0 Å². The van der Waals surface area contributed by atoms with E-state index in [1.54, 1.807) is 0 Å². The molecular weight excluding hydrogens is 298 g/mol. The summed E-state index contributed by atoms with van der Waals surface area (Å²) in [4.78, 5) is 2.46. The Labute approximate surface area is 130 Å². The van der Waals surface area contributed by atoms with Crippen molar-refractivity contribution in [1.82, 2.24) is 4.90 Å². The van der Waals surface area contributed by atoms with Crippen LogP contribution in [-0.4, -0.2) is 30.6 Å². The monoisotopic (exact) mass is 318 g/mol. The van der Waals surface area contributed by atoms with Gasteiger partial charge in [0.15, 0.2) is 0 Å². The zero-order valence-corrected chi connectivity index (χ0v) is 13.4. The number of hydrogen-bond acceptors (Lipinski definition) is 2. The van der Waals surface area contributed by atoms with Crippen molar-refractivity contribution in [2.24, 2.45) is 5.92 Å². The van der Waals surface area contributed by atoms with Crippen molar-refractivity contribution < 1.29 is 4.39 Å². The smallest absolute Gasteiger partial charge is 0.126 e. The van der Waals surface area contributed by atoms with Crippen LogP contribution in [0.5, 0.6) is 0 Å². The quantitative estimate of drug-likeness (QED) is 0.868. The Morgan fingerprint density at radius 2 is 1.85 bits per heavy atom. The molecule has 1 heterocycles. The molecular formula is C15H21Cl2FN2.